The Morgan fingerprint density at radius 2 is 1.71 bits per heavy atom. The Hall–Kier alpha value is -2.33. The molecule has 4 heteroatoms. The minimum atomic E-state index is 0.761. The summed E-state index contributed by atoms with van der Waals surface area (Å²) < 4.78 is 8.40. The van der Waals surface area contributed by atoms with Gasteiger partial charge in [-0.1, -0.05) is 18.2 Å². The van der Waals surface area contributed by atoms with Crippen LogP contribution in [0.1, 0.15) is 42.6 Å². The molecule has 2 aromatic carbocycles. The number of aromatic nitrogens is 2. The van der Waals surface area contributed by atoms with E-state index >= 15 is 0 Å². The van der Waals surface area contributed by atoms with Gasteiger partial charge >= 0.3 is 0 Å². The fraction of sp³-hybridized carbons (Fsp3) is 0.458. The Kier molecular flexibility index (Phi) is 5.96. The highest BCUT2D eigenvalue weighted by Crippen LogP contribution is 2.20. The van der Waals surface area contributed by atoms with Crippen molar-refractivity contribution in [2.24, 2.45) is 0 Å². The minimum absolute atomic E-state index is 0.761. The molecule has 0 amide bonds. The van der Waals surface area contributed by atoms with E-state index in [2.05, 4.69) is 65.8 Å². The van der Waals surface area contributed by atoms with Crippen LogP contribution in [0, 0.1) is 13.8 Å². The number of para-hydroxylation sites is 2. The number of hydrogen-bond acceptors (Lipinski definition) is 3. The lowest BCUT2D eigenvalue weighted by Gasteiger charge is -2.16. The number of hydrogen-bond donors (Lipinski definition) is 0. The molecule has 1 aromatic heterocycles. The van der Waals surface area contributed by atoms with Crippen LogP contribution in [0.4, 0.5) is 0 Å². The highest BCUT2D eigenvalue weighted by Gasteiger charge is 2.17. The van der Waals surface area contributed by atoms with Crippen LogP contribution in [0.25, 0.3) is 11.0 Å². The van der Waals surface area contributed by atoms with Gasteiger partial charge in [0.2, 0.25) is 0 Å². The third kappa shape index (κ3) is 4.56. The Labute approximate surface area is 168 Å². The van der Waals surface area contributed by atoms with Crippen molar-refractivity contribution in [3.05, 3.63) is 59.4 Å². The average molecular weight is 378 g/mol. The van der Waals surface area contributed by atoms with E-state index in [1.165, 1.54) is 48.4 Å². The number of imidazole rings is 1. The molecular formula is C24H31N3O. The molecule has 4 rings (SSSR count). The molecule has 1 fully saturated rings. The zero-order chi connectivity index (χ0) is 19.3. The summed E-state index contributed by atoms with van der Waals surface area (Å²) in [4.78, 5) is 7.46. The van der Waals surface area contributed by atoms with Crippen molar-refractivity contribution < 1.29 is 4.74 Å². The summed E-state index contributed by atoms with van der Waals surface area (Å²) in [6.07, 6.45) is 4.77. The summed E-state index contributed by atoms with van der Waals surface area (Å²) in [7, 11) is 0. The van der Waals surface area contributed by atoms with E-state index in [4.69, 9.17) is 9.72 Å². The second-order valence-electron chi connectivity index (χ2n) is 8.03. The highest BCUT2D eigenvalue weighted by atomic mass is 16.5. The molecule has 3 aromatic rings. The lowest BCUT2D eigenvalue weighted by molar-refractivity contribution is 0.298. The minimum Gasteiger partial charge on any atom is -0.494 e. The second-order valence-corrected chi connectivity index (χ2v) is 8.03. The second kappa shape index (κ2) is 8.78. The SMILES string of the molecule is Cc1cc(C)cc(OCCCCn2c(CN3CCCC3)nc3ccccc32)c1. The molecule has 1 aliphatic heterocycles. The third-order valence-corrected chi connectivity index (χ3v) is 5.54. The van der Waals surface area contributed by atoms with Gasteiger partial charge in [-0.25, -0.2) is 4.98 Å². The van der Waals surface area contributed by atoms with Crippen LogP contribution in [0.5, 0.6) is 5.75 Å². The Morgan fingerprint density at radius 1 is 0.964 bits per heavy atom. The van der Waals surface area contributed by atoms with E-state index in [0.717, 1.165) is 43.8 Å². The van der Waals surface area contributed by atoms with E-state index in [0.29, 0.717) is 0 Å². The van der Waals surface area contributed by atoms with Gasteiger partial charge < -0.3 is 9.30 Å². The zero-order valence-electron chi connectivity index (χ0n) is 17.2. The van der Waals surface area contributed by atoms with Crippen molar-refractivity contribution in [1.29, 1.82) is 0 Å². The Balaban J connectivity index is 1.36. The molecule has 2 heterocycles. The van der Waals surface area contributed by atoms with Crippen LogP contribution < -0.4 is 4.74 Å². The zero-order valence-corrected chi connectivity index (χ0v) is 17.2. The van der Waals surface area contributed by atoms with Gasteiger partial charge in [-0.3, -0.25) is 4.90 Å². The maximum absolute atomic E-state index is 5.98. The van der Waals surface area contributed by atoms with Crippen LogP contribution in [0.3, 0.4) is 0 Å². The van der Waals surface area contributed by atoms with Crippen molar-refractivity contribution in [3.8, 4) is 5.75 Å². The predicted molar refractivity (Wildman–Crippen MR) is 115 cm³/mol. The quantitative estimate of drug-likeness (QED) is 0.511. The van der Waals surface area contributed by atoms with Crippen molar-refractivity contribution in [3.63, 3.8) is 0 Å². The molecule has 0 bridgehead atoms. The first-order chi connectivity index (χ1) is 13.7. The topological polar surface area (TPSA) is 30.3 Å². The van der Waals surface area contributed by atoms with Crippen molar-refractivity contribution >= 4 is 11.0 Å². The van der Waals surface area contributed by atoms with E-state index in [1.54, 1.807) is 0 Å². The van der Waals surface area contributed by atoms with Crippen LogP contribution in [-0.4, -0.2) is 34.1 Å². The number of benzene rings is 2. The van der Waals surface area contributed by atoms with Crippen molar-refractivity contribution in [2.75, 3.05) is 19.7 Å². The summed E-state index contributed by atoms with van der Waals surface area (Å²) in [5.74, 6) is 2.19. The first-order valence-corrected chi connectivity index (χ1v) is 10.6. The molecule has 1 aliphatic rings. The van der Waals surface area contributed by atoms with E-state index in [1.807, 2.05) is 0 Å². The normalized spacial score (nSPS) is 14.8. The van der Waals surface area contributed by atoms with Crippen LogP contribution in [-0.2, 0) is 13.1 Å². The molecule has 1 saturated heterocycles. The number of fused-ring (bicyclic) bond motifs is 1. The summed E-state index contributed by atoms with van der Waals surface area (Å²) in [5.41, 5.74) is 4.88. The highest BCUT2D eigenvalue weighted by molar-refractivity contribution is 5.75. The van der Waals surface area contributed by atoms with Gasteiger partial charge in [-0.2, -0.15) is 0 Å². The van der Waals surface area contributed by atoms with Crippen molar-refractivity contribution in [1.82, 2.24) is 14.5 Å². The lowest BCUT2D eigenvalue weighted by Crippen LogP contribution is -2.21. The third-order valence-electron chi connectivity index (χ3n) is 5.54. The van der Waals surface area contributed by atoms with Gasteiger partial charge in [-0.15, -0.1) is 0 Å². The van der Waals surface area contributed by atoms with Gasteiger partial charge in [0.15, 0.2) is 0 Å². The molecule has 0 radical (unpaired) electrons. The monoisotopic (exact) mass is 377 g/mol. The molecular weight excluding hydrogens is 346 g/mol. The number of nitrogens with zero attached hydrogens (tertiary/aromatic N) is 3. The van der Waals surface area contributed by atoms with E-state index in [-0.39, 0.29) is 0 Å². The Morgan fingerprint density at radius 3 is 2.50 bits per heavy atom. The number of unbranched alkanes of at least 4 members (excludes halogenated alkanes) is 1. The van der Waals surface area contributed by atoms with Crippen molar-refractivity contribution in [2.45, 2.75) is 52.6 Å². The van der Waals surface area contributed by atoms with Gasteiger partial charge in [-0.05, 0) is 88.0 Å². The lowest BCUT2D eigenvalue weighted by atomic mass is 10.1. The molecule has 0 aliphatic carbocycles. The first kappa shape index (κ1) is 19.0. The van der Waals surface area contributed by atoms with Crippen LogP contribution >= 0.6 is 0 Å². The van der Waals surface area contributed by atoms with E-state index < -0.39 is 0 Å². The molecule has 0 spiro atoms. The van der Waals surface area contributed by atoms with Gasteiger partial charge in [0.25, 0.3) is 0 Å². The fourth-order valence-corrected chi connectivity index (χ4v) is 4.21. The van der Waals surface area contributed by atoms with E-state index in [9.17, 15) is 0 Å². The molecule has 28 heavy (non-hydrogen) atoms. The fourth-order valence-electron chi connectivity index (χ4n) is 4.21. The molecule has 0 atom stereocenters. The summed E-state index contributed by atoms with van der Waals surface area (Å²) in [6.45, 7) is 9.36. The number of aryl methyl sites for hydroxylation is 3. The largest absolute Gasteiger partial charge is 0.494 e. The molecule has 0 saturated carbocycles. The van der Waals surface area contributed by atoms with Gasteiger partial charge in [0, 0.05) is 6.54 Å². The number of likely N-dealkylation sites (tertiary alicyclic amines) is 1. The Bertz CT molecular complexity index is 904. The molecule has 4 nitrogen and oxygen atoms in total. The summed E-state index contributed by atoms with van der Waals surface area (Å²) >= 11 is 0. The van der Waals surface area contributed by atoms with Crippen LogP contribution in [0.15, 0.2) is 42.5 Å². The predicted octanol–water partition coefficient (Wildman–Crippen LogP) is 5.11. The average Bonchev–Trinajstić information content (AvgIpc) is 3.29. The first-order valence-electron chi connectivity index (χ1n) is 10.6. The maximum atomic E-state index is 5.98. The van der Waals surface area contributed by atoms with Crippen LogP contribution in [0.2, 0.25) is 0 Å². The summed E-state index contributed by atoms with van der Waals surface area (Å²) in [5, 5.41) is 0. The summed E-state index contributed by atoms with van der Waals surface area (Å²) in [6, 6.07) is 14.9. The number of rotatable bonds is 8. The standard InChI is InChI=1S/C24H31N3O/c1-19-15-20(2)17-21(16-19)28-14-8-7-13-27-23-10-4-3-9-22(23)25-24(27)18-26-11-5-6-12-26/h3-4,9-10,15-17H,5-8,11-14,18H2,1-2H3. The number of ether oxygens (including phenoxy) is 1. The molecule has 0 unspecified atom stereocenters. The smallest absolute Gasteiger partial charge is 0.124 e. The molecule has 0 N–H and O–H groups in total. The van der Waals surface area contributed by atoms with Gasteiger partial charge in [0.1, 0.15) is 11.6 Å². The van der Waals surface area contributed by atoms with Gasteiger partial charge in [0.05, 0.1) is 24.2 Å². The maximum Gasteiger partial charge on any atom is 0.124 e. The molecule has 148 valence electrons.